The molecule has 8 nitrogen and oxygen atoms in total. The van der Waals surface area contributed by atoms with Gasteiger partial charge >= 0.3 is 0 Å². The minimum absolute atomic E-state index is 0.0134. The van der Waals surface area contributed by atoms with E-state index in [-0.39, 0.29) is 18.2 Å². The van der Waals surface area contributed by atoms with Crippen molar-refractivity contribution in [2.24, 2.45) is 0 Å². The van der Waals surface area contributed by atoms with Crippen molar-refractivity contribution in [2.45, 2.75) is 12.8 Å². The smallest absolute Gasteiger partial charge is 0.253 e. The third-order valence-electron chi connectivity index (χ3n) is 5.39. The highest BCUT2D eigenvalue weighted by atomic mass is 16.2. The van der Waals surface area contributed by atoms with Gasteiger partial charge in [0, 0.05) is 49.2 Å². The fourth-order valence-corrected chi connectivity index (χ4v) is 3.58. The molecule has 0 fully saturated rings. The Morgan fingerprint density at radius 3 is 2.72 bits per heavy atom. The van der Waals surface area contributed by atoms with E-state index in [1.165, 1.54) is 4.90 Å². The van der Waals surface area contributed by atoms with Crippen LogP contribution in [0.3, 0.4) is 0 Å². The lowest BCUT2D eigenvalue weighted by Gasteiger charge is -2.17. The van der Waals surface area contributed by atoms with Crippen LogP contribution >= 0.6 is 0 Å². The Labute approximate surface area is 186 Å². The molecule has 0 saturated carbocycles. The molecule has 1 aliphatic heterocycles. The van der Waals surface area contributed by atoms with E-state index in [4.69, 9.17) is 10.2 Å². The van der Waals surface area contributed by atoms with Crippen molar-refractivity contribution >= 4 is 29.1 Å². The van der Waals surface area contributed by atoms with Crippen LogP contribution in [-0.2, 0) is 11.2 Å². The molecular formula is C24H22N6O2. The number of nitrogens with one attached hydrogen (secondary N) is 1. The predicted octanol–water partition coefficient (Wildman–Crippen LogP) is 3.39. The van der Waals surface area contributed by atoms with Crippen molar-refractivity contribution in [3.05, 3.63) is 65.9 Å². The summed E-state index contributed by atoms with van der Waals surface area (Å²) in [7, 11) is 3.44. The topological polar surface area (TPSA) is 102 Å². The monoisotopic (exact) mass is 426 g/mol. The molecule has 160 valence electrons. The Kier molecular flexibility index (Phi) is 5.81. The summed E-state index contributed by atoms with van der Waals surface area (Å²) in [6.07, 6.45) is 2.21. The molecule has 1 N–H and O–H groups in total. The molecular weight excluding hydrogens is 404 g/mol. The van der Waals surface area contributed by atoms with Crippen molar-refractivity contribution < 1.29 is 9.59 Å². The molecule has 32 heavy (non-hydrogen) atoms. The van der Waals surface area contributed by atoms with Crippen LogP contribution < -0.4 is 10.2 Å². The van der Waals surface area contributed by atoms with Gasteiger partial charge in [0.1, 0.15) is 0 Å². The summed E-state index contributed by atoms with van der Waals surface area (Å²) in [6.45, 7) is 0.386. The molecule has 0 aliphatic carbocycles. The van der Waals surface area contributed by atoms with Gasteiger partial charge in [-0.2, -0.15) is 5.26 Å². The molecule has 0 bridgehead atoms. The molecule has 0 radical (unpaired) electrons. The summed E-state index contributed by atoms with van der Waals surface area (Å²) in [6, 6.07) is 16.7. The number of para-hydroxylation sites is 1. The number of anilines is 3. The normalized spacial score (nSPS) is 12.3. The van der Waals surface area contributed by atoms with Crippen LogP contribution in [0, 0.1) is 11.3 Å². The maximum atomic E-state index is 12.5. The summed E-state index contributed by atoms with van der Waals surface area (Å²) < 4.78 is 0. The zero-order valence-corrected chi connectivity index (χ0v) is 17.9. The van der Waals surface area contributed by atoms with Crippen molar-refractivity contribution in [1.29, 1.82) is 5.26 Å². The lowest BCUT2D eigenvalue weighted by molar-refractivity contribution is -0.117. The molecule has 1 aromatic heterocycles. The molecule has 2 amide bonds. The predicted molar refractivity (Wildman–Crippen MR) is 121 cm³/mol. The van der Waals surface area contributed by atoms with Gasteiger partial charge in [-0.1, -0.05) is 18.2 Å². The SMILES string of the molecule is CN(CCC#N)C(=O)c1ccc(Nc2ncc3c(n2)-c2ccccc2N(C)C(=O)C3)cc1. The molecule has 0 spiro atoms. The number of amides is 2. The number of carbonyl (C=O) groups is 2. The van der Waals surface area contributed by atoms with Crippen molar-refractivity contribution in [3.63, 3.8) is 0 Å². The lowest BCUT2D eigenvalue weighted by atomic mass is 10.1. The second-order valence-electron chi connectivity index (χ2n) is 7.55. The number of likely N-dealkylation sites (N-methyl/N-ethyl adjacent to an activating group) is 1. The maximum Gasteiger partial charge on any atom is 0.253 e. The number of benzene rings is 2. The third kappa shape index (κ3) is 4.14. The van der Waals surface area contributed by atoms with E-state index < -0.39 is 0 Å². The van der Waals surface area contributed by atoms with Crippen LogP contribution in [0.4, 0.5) is 17.3 Å². The second kappa shape index (κ2) is 8.86. The van der Waals surface area contributed by atoms with Gasteiger partial charge in [0.2, 0.25) is 11.9 Å². The van der Waals surface area contributed by atoms with Gasteiger partial charge < -0.3 is 15.1 Å². The average Bonchev–Trinajstić information content (AvgIpc) is 2.92. The first-order valence-electron chi connectivity index (χ1n) is 10.2. The van der Waals surface area contributed by atoms with E-state index in [0.29, 0.717) is 24.5 Å². The number of aromatic nitrogens is 2. The van der Waals surface area contributed by atoms with Crippen LogP contribution in [0.5, 0.6) is 0 Å². The quantitative estimate of drug-likeness (QED) is 0.671. The second-order valence-corrected chi connectivity index (χ2v) is 7.55. The van der Waals surface area contributed by atoms with E-state index in [1.807, 2.05) is 30.3 Å². The Bertz CT molecular complexity index is 1220. The minimum atomic E-state index is -0.140. The van der Waals surface area contributed by atoms with Crippen molar-refractivity contribution in [2.75, 3.05) is 30.9 Å². The van der Waals surface area contributed by atoms with E-state index in [0.717, 1.165) is 28.2 Å². The van der Waals surface area contributed by atoms with Gasteiger partial charge in [-0.05, 0) is 30.3 Å². The van der Waals surface area contributed by atoms with Gasteiger partial charge in [0.25, 0.3) is 5.91 Å². The van der Waals surface area contributed by atoms with Crippen LogP contribution in [0.15, 0.2) is 54.7 Å². The van der Waals surface area contributed by atoms with Crippen LogP contribution in [-0.4, -0.2) is 47.3 Å². The number of nitriles is 1. The average molecular weight is 426 g/mol. The largest absolute Gasteiger partial charge is 0.341 e. The first kappa shape index (κ1) is 21.0. The molecule has 3 aromatic rings. The molecule has 2 heterocycles. The maximum absolute atomic E-state index is 12.5. The van der Waals surface area contributed by atoms with E-state index in [9.17, 15) is 9.59 Å². The van der Waals surface area contributed by atoms with Crippen LogP contribution in [0.1, 0.15) is 22.3 Å². The fraction of sp³-hybridized carbons (Fsp3) is 0.208. The van der Waals surface area contributed by atoms with Crippen molar-refractivity contribution in [1.82, 2.24) is 14.9 Å². The Hall–Kier alpha value is -4.25. The zero-order chi connectivity index (χ0) is 22.7. The van der Waals surface area contributed by atoms with Gasteiger partial charge in [-0.3, -0.25) is 9.59 Å². The Balaban J connectivity index is 1.57. The van der Waals surface area contributed by atoms with Gasteiger partial charge in [-0.15, -0.1) is 0 Å². The molecule has 2 aromatic carbocycles. The highest BCUT2D eigenvalue weighted by Crippen LogP contribution is 2.35. The molecule has 1 aliphatic rings. The number of carbonyl (C=O) groups excluding carboxylic acids is 2. The molecule has 0 unspecified atom stereocenters. The number of nitrogens with zero attached hydrogens (tertiary/aromatic N) is 5. The number of fused-ring (bicyclic) bond motifs is 3. The lowest BCUT2D eigenvalue weighted by Crippen LogP contribution is -2.27. The highest BCUT2D eigenvalue weighted by molar-refractivity contribution is 6.01. The first-order valence-corrected chi connectivity index (χ1v) is 10.2. The third-order valence-corrected chi connectivity index (χ3v) is 5.39. The summed E-state index contributed by atoms with van der Waals surface area (Å²) in [5.41, 5.74) is 4.46. The fourth-order valence-electron chi connectivity index (χ4n) is 3.58. The molecule has 4 rings (SSSR count). The van der Waals surface area contributed by atoms with E-state index in [1.54, 1.807) is 49.5 Å². The summed E-state index contributed by atoms with van der Waals surface area (Å²) in [5, 5.41) is 11.9. The van der Waals surface area contributed by atoms with Crippen molar-refractivity contribution in [3.8, 4) is 17.3 Å². The van der Waals surface area contributed by atoms with E-state index >= 15 is 0 Å². The zero-order valence-electron chi connectivity index (χ0n) is 17.9. The van der Waals surface area contributed by atoms with Crippen LogP contribution in [0.25, 0.3) is 11.3 Å². The number of hydrogen-bond donors (Lipinski definition) is 1. The number of hydrogen-bond acceptors (Lipinski definition) is 6. The first-order chi connectivity index (χ1) is 15.5. The highest BCUT2D eigenvalue weighted by Gasteiger charge is 2.24. The summed E-state index contributed by atoms with van der Waals surface area (Å²) in [4.78, 5) is 37.2. The summed E-state index contributed by atoms with van der Waals surface area (Å²) in [5.74, 6) is 0.250. The molecule has 0 atom stereocenters. The van der Waals surface area contributed by atoms with Gasteiger partial charge in [0.05, 0.1) is 30.3 Å². The minimum Gasteiger partial charge on any atom is -0.341 e. The molecule has 0 saturated heterocycles. The summed E-state index contributed by atoms with van der Waals surface area (Å²) >= 11 is 0. The Morgan fingerprint density at radius 1 is 1.22 bits per heavy atom. The van der Waals surface area contributed by atoms with Gasteiger partial charge in [0.15, 0.2) is 0 Å². The standard InChI is InChI=1S/C24H22N6O2/c1-29(13-5-12-25)23(32)16-8-10-18(11-9-16)27-24-26-15-17-14-21(31)30(2)20-7-4-3-6-19(20)22(17)28-24/h3-4,6-11,15H,5,13-14H2,1-2H3,(H,26,27,28). The molecule has 8 heteroatoms. The van der Waals surface area contributed by atoms with E-state index in [2.05, 4.69) is 10.3 Å². The Morgan fingerprint density at radius 2 is 1.97 bits per heavy atom. The van der Waals surface area contributed by atoms with Gasteiger partial charge in [-0.25, -0.2) is 9.97 Å². The number of rotatable bonds is 5. The van der Waals surface area contributed by atoms with Crippen LogP contribution in [0.2, 0.25) is 0 Å².